The molecule has 0 saturated carbocycles. The van der Waals surface area contributed by atoms with Crippen molar-refractivity contribution < 1.29 is 28.7 Å². The Morgan fingerprint density at radius 2 is 1.00 bits per heavy atom. The number of ketones is 2. The van der Waals surface area contributed by atoms with E-state index in [4.69, 9.17) is 67.5 Å². The molecule has 400 valence electrons. The number of amides is 2. The van der Waals surface area contributed by atoms with Gasteiger partial charge in [-0.25, -0.2) is 29.5 Å². The molecule has 2 aromatic carbocycles. The zero-order valence-corrected chi connectivity index (χ0v) is 47.4. The molecule has 23 heteroatoms. The molecule has 0 spiro atoms. The van der Waals surface area contributed by atoms with E-state index < -0.39 is 22.8 Å². The van der Waals surface area contributed by atoms with Gasteiger partial charge in [0.05, 0.1) is 32.5 Å². The second-order valence-electron chi connectivity index (χ2n) is 21.4. The zero-order valence-electron chi connectivity index (χ0n) is 43.6. The van der Waals surface area contributed by atoms with Crippen molar-refractivity contribution in [3.8, 4) is 0 Å². The minimum Gasteiger partial charge on any atom is -0.444 e. The second-order valence-corrected chi connectivity index (χ2v) is 23.2. The molecule has 8 heterocycles. The molecule has 4 bridgehead atoms. The van der Waals surface area contributed by atoms with E-state index in [1.165, 1.54) is 19.3 Å². The number of hydrogen-bond donors (Lipinski definition) is 1. The third-order valence-corrected chi connectivity index (χ3v) is 14.8. The van der Waals surface area contributed by atoms with E-state index in [2.05, 4.69) is 40.3 Å². The highest BCUT2D eigenvalue weighted by atomic mass is 35.5. The van der Waals surface area contributed by atoms with E-state index >= 15 is 0 Å². The first-order valence-electron chi connectivity index (χ1n) is 24.8. The Morgan fingerprint density at radius 3 is 1.47 bits per heavy atom. The van der Waals surface area contributed by atoms with Crippen LogP contribution in [0.1, 0.15) is 124 Å². The molecule has 18 nitrogen and oxygen atoms in total. The molecule has 1 N–H and O–H groups in total. The van der Waals surface area contributed by atoms with Gasteiger partial charge >= 0.3 is 12.2 Å². The van der Waals surface area contributed by atoms with E-state index in [0.29, 0.717) is 85.4 Å². The molecule has 4 saturated heterocycles. The van der Waals surface area contributed by atoms with Crippen LogP contribution in [0.3, 0.4) is 0 Å². The number of anilines is 1. The molecule has 4 atom stereocenters. The van der Waals surface area contributed by atoms with Crippen molar-refractivity contribution in [1.82, 2.24) is 54.6 Å². The van der Waals surface area contributed by atoms with Crippen LogP contribution in [0.15, 0.2) is 36.7 Å². The predicted octanol–water partition coefficient (Wildman–Crippen LogP) is 10.8. The van der Waals surface area contributed by atoms with Gasteiger partial charge in [-0.1, -0.05) is 64.4 Å². The normalized spacial score (nSPS) is 19.5. The molecule has 4 fully saturated rings. The van der Waals surface area contributed by atoms with Gasteiger partial charge in [-0.05, 0) is 112 Å². The lowest BCUT2D eigenvalue weighted by atomic mass is 9.91. The number of benzene rings is 2. The second kappa shape index (κ2) is 22.3. The highest BCUT2D eigenvalue weighted by molar-refractivity contribution is 6.41. The fraction of sp³-hybridized carbons (Fsp3) is 0.500. The number of ether oxygens (including phenoxy) is 2. The van der Waals surface area contributed by atoms with Crippen molar-refractivity contribution >= 4 is 109 Å². The van der Waals surface area contributed by atoms with E-state index in [9.17, 15) is 19.2 Å². The van der Waals surface area contributed by atoms with Crippen LogP contribution in [0.4, 0.5) is 15.4 Å². The monoisotopic (exact) mass is 1120 g/mol. The number of likely N-dealkylation sites (tertiary alicyclic amines) is 2. The third-order valence-electron chi connectivity index (χ3n) is 13.1. The summed E-state index contributed by atoms with van der Waals surface area (Å²) in [6, 6.07) is 7.78. The number of piperidine rings is 2. The highest BCUT2D eigenvalue weighted by Gasteiger charge is 2.42. The van der Waals surface area contributed by atoms with Crippen molar-refractivity contribution in [2.45, 2.75) is 129 Å². The standard InChI is InChI=1S/C26H30Cl2N6O3.C14H9Cl3N4O.C12H22N2O2/c1-14-24(34-15-7-6-8-16(34)12-33(11-15)25(36)37-26(2,3)4)30-23(28)21(29-14)22(35)17-9-10-19-18(20(17)27)13-32(5)31-19;1-6-13(16)19-14(17)11(18-6)12(22)7-3-4-9-8(10(7)15)5-21(2)20-9;1-12(2,3)16-11(15)14-7-9-5-4-6-10(8-14)13-9/h9-10,13,15-16H,6-8,11-12H2,1-5H3;3-5H,1-2H3;9-10,13H,4-8H2,1-3H3. The quantitative estimate of drug-likeness (QED) is 0.160. The molecule has 4 aliphatic heterocycles. The van der Waals surface area contributed by atoms with Crippen molar-refractivity contribution in [3.05, 3.63) is 96.1 Å². The summed E-state index contributed by atoms with van der Waals surface area (Å²) in [6.45, 7) is 17.5. The summed E-state index contributed by atoms with van der Waals surface area (Å²) in [4.78, 5) is 73.9. The van der Waals surface area contributed by atoms with Crippen LogP contribution in [-0.2, 0) is 23.6 Å². The van der Waals surface area contributed by atoms with Gasteiger partial charge in [0.15, 0.2) is 21.3 Å². The predicted molar refractivity (Wildman–Crippen MR) is 291 cm³/mol. The Bertz CT molecular complexity index is 3160. The Morgan fingerprint density at radius 1 is 0.573 bits per heavy atom. The number of hydrogen-bond acceptors (Lipinski definition) is 14. The molecule has 0 aliphatic carbocycles. The van der Waals surface area contributed by atoms with Crippen LogP contribution >= 0.6 is 58.0 Å². The molecular formula is C52H61Cl5N12O6. The Hall–Kier alpha value is -5.37. The van der Waals surface area contributed by atoms with Crippen LogP contribution in [-0.4, -0.2) is 135 Å². The summed E-state index contributed by atoms with van der Waals surface area (Å²) in [6.07, 6.45) is 9.59. The Balaban J connectivity index is 0.000000166. The molecule has 10 rings (SSSR count). The molecule has 6 aromatic rings. The molecule has 0 radical (unpaired) electrons. The number of nitrogens with one attached hydrogen (secondary N) is 1. The lowest BCUT2D eigenvalue weighted by molar-refractivity contribution is 0.0113. The van der Waals surface area contributed by atoms with Crippen molar-refractivity contribution in [1.29, 1.82) is 0 Å². The number of rotatable bonds is 5. The average Bonchev–Trinajstić information content (AvgIpc) is 3.91. The SMILES string of the molecule is CC(C)(C)OC(=O)N1CC2CCCC(C1)N2.Cc1nc(C(=O)c2ccc3nn(C)cc3c2Cl)c(Cl)nc1Cl.Cc1nc(C(=O)c2ccc3nn(C)cc3c2Cl)c(Cl)nc1N1C2CCCC1CN(C(=O)OC(C)(C)C)C2. The number of carbonyl (C=O) groups is 4. The van der Waals surface area contributed by atoms with Crippen molar-refractivity contribution in [3.63, 3.8) is 0 Å². The lowest BCUT2D eigenvalue weighted by Crippen LogP contribution is -2.63. The number of carbonyl (C=O) groups excluding carboxylic acids is 4. The summed E-state index contributed by atoms with van der Waals surface area (Å²) >= 11 is 31.3. The van der Waals surface area contributed by atoms with Crippen LogP contribution in [0.5, 0.6) is 0 Å². The van der Waals surface area contributed by atoms with Gasteiger partial charge in [0, 0.05) is 98.7 Å². The molecule has 4 aliphatic rings. The largest absolute Gasteiger partial charge is 0.444 e. The lowest BCUT2D eigenvalue weighted by Gasteiger charge is -2.50. The van der Waals surface area contributed by atoms with Gasteiger partial charge in [-0.3, -0.25) is 19.0 Å². The zero-order chi connectivity index (χ0) is 54.4. The number of aromatic nitrogens is 8. The molecule has 4 unspecified atom stereocenters. The van der Waals surface area contributed by atoms with E-state index in [0.717, 1.165) is 32.4 Å². The summed E-state index contributed by atoms with van der Waals surface area (Å²) in [5.74, 6) is -0.153. The average molecular weight is 1130 g/mol. The molecule has 4 aromatic heterocycles. The Kier molecular flexibility index (Phi) is 16.6. The van der Waals surface area contributed by atoms with E-state index in [1.807, 2.05) is 53.4 Å². The van der Waals surface area contributed by atoms with E-state index in [-0.39, 0.29) is 51.1 Å². The van der Waals surface area contributed by atoms with Gasteiger partial charge < -0.3 is 29.5 Å². The van der Waals surface area contributed by atoms with Gasteiger partial charge in [-0.2, -0.15) is 10.2 Å². The van der Waals surface area contributed by atoms with Crippen molar-refractivity contribution in [2.24, 2.45) is 14.1 Å². The van der Waals surface area contributed by atoms with Crippen LogP contribution in [0.25, 0.3) is 21.8 Å². The molecule has 75 heavy (non-hydrogen) atoms. The third kappa shape index (κ3) is 12.7. The fourth-order valence-electron chi connectivity index (χ4n) is 9.88. The maximum Gasteiger partial charge on any atom is 0.410 e. The smallest absolute Gasteiger partial charge is 0.410 e. The number of piperazine rings is 2. The topological polar surface area (TPSA) is 196 Å². The summed E-state index contributed by atoms with van der Waals surface area (Å²) in [5.41, 5.74) is 2.16. The van der Waals surface area contributed by atoms with E-state index in [1.54, 1.807) is 71.9 Å². The first-order chi connectivity index (χ1) is 35.2. The van der Waals surface area contributed by atoms with Gasteiger partial charge in [0.2, 0.25) is 11.6 Å². The van der Waals surface area contributed by atoms with Crippen LogP contribution in [0, 0.1) is 13.8 Å². The number of fused-ring (bicyclic) bond motifs is 6. The minimum atomic E-state index is -0.550. The van der Waals surface area contributed by atoms with Gasteiger partial charge in [0.25, 0.3) is 0 Å². The maximum absolute atomic E-state index is 13.4. The maximum atomic E-state index is 13.4. The number of halogens is 5. The van der Waals surface area contributed by atoms with Gasteiger partial charge in [-0.15, -0.1) is 0 Å². The minimum absolute atomic E-state index is 0.0220. The molecular weight excluding hydrogens is 1070 g/mol. The van der Waals surface area contributed by atoms with Crippen LogP contribution in [0.2, 0.25) is 25.5 Å². The fourth-order valence-corrected chi connectivity index (χ4v) is 11.1. The first-order valence-corrected chi connectivity index (χ1v) is 26.7. The number of aryl methyl sites for hydroxylation is 4. The summed E-state index contributed by atoms with van der Waals surface area (Å²) < 4.78 is 14.3. The summed E-state index contributed by atoms with van der Waals surface area (Å²) in [7, 11) is 3.58. The Labute approximate surface area is 460 Å². The van der Waals surface area contributed by atoms with Crippen LogP contribution < -0.4 is 10.2 Å². The summed E-state index contributed by atoms with van der Waals surface area (Å²) in [5, 5.41) is 14.2. The first kappa shape index (κ1) is 55.9. The molecule has 2 amide bonds. The van der Waals surface area contributed by atoms with Gasteiger partial charge in [0.1, 0.15) is 22.6 Å². The van der Waals surface area contributed by atoms with Crippen molar-refractivity contribution in [2.75, 3.05) is 31.1 Å². The number of nitrogens with zero attached hydrogens (tertiary/aromatic N) is 11. The highest BCUT2D eigenvalue weighted by Crippen LogP contribution is 2.37.